The van der Waals surface area contributed by atoms with E-state index in [1.165, 1.54) is 31.0 Å². The molecule has 5 heteroatoms. The smallest absolute Gasteiger partial charge is 0.276 e. The average Bonchev–Trinajstić information content (AvgIpc) is 2.68. The fraction of sp³-hybridized carbons (Fsp3) is 0.450. The number of nitrogens with two attached hydrogens (primary N) is 1. The Morgan fingerprint density at radius 3 is 2.60 bits per heavy atom. The van der Waals surface area contributed by atoms with Gasteiger partial charge in [0, 0.05) is 25.0 Å². The van der Waals surface area contributed by atoms with E-state index in [1.807, 2.05) is 4.90 Å². The van der Waals surface area contributed by atoms with Crippen LogP contribution in [0.5, 0.6) is 0 Å². The number of anilines is 1. The molecule has 5 nitrogen and oxygen atoms in total. The van der Waals surface area contributed by atoms with Crippen molar-refractivity contribution in [2.75, 3.05) is 12.3 Å². The maximum Gasteiger partial charge on any atom is 0.276 e. The number of rotatable bonds is 2. The minimum Gasteiger partial charge on any atom is -0.382 e. The molecule has 1 aromatic carbocycles. The fourth-order valence-electron chi connectivity index (χ4n) is 4.67. The fourth-order valence-corrected chi connectivity index (χ4v) is 4.67. The zero-order valence-corrected chi connectivity index (χ0v) is 14.3. The number of piperidine rings is 1. The summed E-state index contributed by atoms with van der Waals surface area (Å²) in [4.78, 5) is 23.3. The highest BCUT2D eigenvalue weighted by atomic mass is 16.2. The topological polar surface area (TPSA) is 72.1 Å². The number of amides is 1. The van der Waals surface area contributed by atoms with Gasteiger partial charge in [0.25, 0.3) is 5.91 Å². The molecule has 0 radical (unpaired) electrons. The lowest BCUT2D eigenvalue weighted by molar-refractivity contribution is 0.0315. The molecule has 130 valence electrons. The van der Waals surface area contributed by atoms with Gasteiger partial charge in [0.15, 0.2) is 11.5 Å². The molecule has 1 aromatic heterocycles. The van der Waals surface area contributed by atoms with Crippen molar-refractivity contribution in [2.45, 2.75) is 44.1 Å². The van der Waals surface area contributed by atoms with Crippen molar-refractivity contribution in [3.63, 3.8) is 0 Å². The Kier molecular flexibility index (Phi) is 4.38. The number of hydrogen-bond donors (Lipinski definition) is 1. The predicted octanol–water partition coefficient (Wildman–Crippen LogP) is 3.25. The summed E-state index contributed by atoms with van der Waals surface area (Å²) in [5, 5.41) is 0. The van der Waals surface area contributed by atoms with Gasteiger partial charge in [-0.2, -0.15) is 0 Å². The molecule has 1 saturated heterocycles. The Morgan fingerprint density at radius 2 is 1.80 bits per heavy atom. The second kappa shape index (κ2) is 6.82. The first-order valence-electron chi connectivity index (χ1n) is 9.18. The Balaban J connectivity index is 1.62. The van der Waals surface area contributed by atoms with Crippen molar-refractivity contribution < 1.29 is 4.79 Å². The van der Waals surface area contributed by atoms with Crippen molar-refractivity contribution in [3.8, 4) is 0 Å². The van der Waals surface area contributed by atoms with Crippen LogP contribution in [0.2, 0.25) is 0 Å². The van der Waals surface area contributed by atoms with Crippen LogP contribution in [-0.2, 0) is 0 Å². The molecule has 2 aliphatic rings. The van der Waals surface area contributed by atoms with Gasteiger partial charge in [0.1, 0.15) is 0 Å². The first-order valence-corrected chi connectivity index (χ1v) is 9.18. The molecule has 1 aliphatic carbocycles. The minimum atomic E-state index is -0.0611. The monoisotopic (exact) mass is 336 g/mol. The third-order valence-corrected chi connectivity index (χ3v) is 5.80. The van der Waals surface area contributed by atoms with Crippen LogP contribution in [0.25, 0.3) is 0 Å². The van der Waals surface area contributed by atoms with Gasteiger partial charge in [-0.25, -0.2) is 9.97 Å². The number of benzene rings is 1. The zero-order valence-electron chi connectivity index (χ0n) is 14.3. The van der Waals surface area contributed by atoms with Crippen molar-refractivity contribution in [3.05, 3.63) is 54.0 Å². The van der Waals surface area contributed by atoms with E-state index in [2.05, 4.69) is 40.3 Å². The number of carbonyl (C=O) groups excluding carboxylic acids is 1. The molecule has 2 aromatic rings. The van der Waals surface area contributed by atoms with E-state index in [0.717, 1.165) is 19.4 Å². The summed E-state index contributed by atoms with van der Waals surface area (Å²) in [7, 11) is 0. The van der Waals surface area contributed by atoms with Crippen molar-refractivity contribution in [2.24, 2.45) is 5.92 Å². The maximum atomic E-state index is 13.1. The lowest BCUT2D eigenvalue weighted by Gasteiger charge is -2.48. The van der Waals surface area contributed by atoms with Gasteiger partial charge in [-0.3, -0.25) is 4.79 Å². The van der Waals surface area contributed by atoms with Crippen LogP contribution in [0.15, 0.2) is 42.7 Å². The van der Waals surface area contributed by atoms with Crippen LogP contribution in [0, 0.1) is 5.92 Å². The molecule has 1 amide bonds. The van der Waals surface area contributed by atoms with Gasteiger partial charge in [-0.05, 0) is 36.7 Å². The molecular formula is C20H24N4O. The first kappa shape index (κ1) is 16.1. The number of likely N-dealkylation sites (tertiary alicyclic amines) is 1. The highest BCUT2D eigenvalue weighted by Crippen LogP contribution is 2.44. The lowest BCUT2D eigenvalue weighted by Crippen LogP contribution is -2.52. The number of nitrogen functional groups attached to an aromatic ring is 1. The van der Waals surface area contributed by atoms with Crippen LogP contribution < -0.4 is 5.73 Å². The van der Waals surface area contributed by atoms with E-state index >= 15 is 0 Å². The molecule has 1 aliphatic heterocycles. The van der Waals surface area contributed by atoms with E-state index in [0.29, 0.717) is 17.5 Å². The normalized spacial score (nSPS) is 26.1. The lowest BCUT2D eigenvalue weighted by atomic mass is 9.69. The zero-order chi connectivity index (χ0) is 17.2. The van der Waals surface area contributed by atoms with Crippen LogP contribution in [0.1, 0.15) is 54.1 Å². The molecule has 2 heterocycles. The van der Waals surface area contributed by atoms with Gasteiger partial charge in [0.05, 0.1) is 0 Å². The number of carbonyl (C=O) groups is 1. The van der Waals surface area contributed by atoms with Crippen LogP contribution in [-0.4, -0.2) is 33.4 Å². The van der Waals surface area contributed by atoms with Gasteiger partial charge in [-0.15, -0.1) is 0 Å². The summed E-state index contributed by atoms with van der Waals surface area (Å²) < 4.78 is 0. The number of fused-ring (bicyclic) bond motifs is 1. The molecule has 25 heavy (non-hydrogen) atoms. The molecule has 2 fully saturated rings. The Morgan fingerprint density at radius 1 is 1.04 bits per heavy atom. The summed E-state index contributed by atoms with van der Waals surface area (Å²) in [6, 6.07) is 11.0. The Bertz CT molecular complexity index is 748. The third-order valence-electron chi connectivity index (χ3n) is 5.80. The number of nitrogens with zero attached hydrogens (tertiary/aromatic N) is 3. The van der Waals surface area contributed by atoms with E-state index in [4.69, 9.17) is 5.73 Å². The maximum absolute atomic E-state index is 13.1. The third kappa shape index (κ3) is 2.99. The molecule has 3 atom stereocenters. The number of aromatic nitrogens is 2. The molecule has 4 rings (SSSR count). The highest BCUT2D eigenvalue weighted by Gasteiger charge is 2.42. The summed E-state index contributed by atoms with van der Waals surface area (Å²) in [6.45, 7) is 0.759. The van der Waals surface area contributed by atoms with Gasteiger partial charge in [-0.1, -0.05) is 43.2 Å². The highest BCUT2D eigenvalue weighted by molar-refractivity contribution is 5.96. The average molecular weight is 336 g/mol. The van der Waals surface area contributed by atoms with E-state index in [9.17, 15) is 4.79 Å². The largest absolute Gasteiger partial charge is 0.382 e. The van der Waals surface area contributed by atoms with Gasteiger partial charge >= 0.3 is 0 Å². The van der Waals surface area contributed by atoms with Crippen LogP contribution >= 0.6 is 0 Å². The molecule has 2 N–H and O–H groups in total. The molecule has 0 bridgehead atoms. The van der Waals surface area contributed by atoms with E-state index in [-0.39, 0.29) is 17.8 Å². The second-order valence-electron chi connectivity index (χ2n) is 7.11. The Labute approximate surface area is 148 Å². The number of hydrogen-bond acceptors (Lipinski definition) is 4. The Hall–Kier alpha value is -2.43. The second-order valence-corrected chi connectivity index (χ2v) is 7.11. The molecular weight excluding hydrogens is 312 g/mol. The SMILES string of the molecule is Nc1nccnc1C(=O)N1CC[C@H](c2ccccc2)[C@H]2CCCC[C@H]21. The van der Waals surface area contributed by atoms with Crippen LogP contribution in [0.4, 0.5) is 5.82 Å². The molecule has 0 unspecified atom stereocenters. The van der Waals surface area contributed by atoms with E-state index < -0.39 is 0 Å². The van der Waals surface area contributed by atoms with Gasteiger partial charge in [0.2, 0.25) is 0 Å². The van der Waals surface area contributed by atoms with Gasteiger partial charge < -0.3 is 10.6 Å². The summed E-state index contributed by atoms with van der Waals surface area (Å²) in [5.74, 6) is 1.22. The van der Waals surface area contributed by atoms with Crippen molar-refractivity contribution in [1.29, 1.82) is 0 Å². The summed E-state index contributed by atoms with van der Waals surface area (Å²) >= 11 is 0. The van der Waals surface area contributed by atoms with E-state index in [1.54, 1.807) is 6.20 Å². The first-order chi connectivity index (χ1) is 12.3. The summed E-state index contributed by atoms with van der Waals surface area (Å²) in [5.41, 5.74) is 7.60. The molecule has 1 saturated carbocycles. The quantitative estimate of drug-likeness (QED) is 0.914. The van der Waals surface area contributed by atoms with Crippen molar-refractivity contribution >= 4 is 11.7 Å². The minimum absolute atomic E-state index is 0.0611. The summed E-state index contributed by atoms with van der Waals surface area (Å²) in [6.07, 6.45) is 8.75. The standard InChI is InChI=1S/C20H24N4O/c21-19-18(22-11-12-23-19)20(25)24-13-10-15(14-6-2-1-3-7-14)16-8-4-5-9-17(16)24/h1-3,6-7,11-12,15-17H,4-5,8-10,13H2,(H2,21,23)/t15-,16-,17-/m1/s1. The predicted molar refractivity (Wildman–Crippen MR) is 97.0 cm³/mol. The van der Waals surface area contributed by atoms with Crippen LogP contribution in [0.3, 0.4) is 0 Å². The molecule has 0 spiro atoms. The van der Waals surface area contributed by atoms with Crippen molar-refractivity contribution in [1.82, 2.24) is 14.9 Å².